The minimum absolute atomic E-state index is 0.0842. The van der Waals surface area contributed by atoms with Crippen LogP contribution in [0.25, 0.3) is 6.08 Å². The van der Waals surface area contributed by atoms with Crippen molar-refractivity contribution in [3.63, 3.8) is 0 Å². The monoisotopic (exact) mass is 506 g/mol. The molecule has 4 amide bonds. The van der Waals surface area contributed by atoms with Crippen LogP contribution < -0.4 is 19.7 Å². The minimum Gasteiger partial charge on any atom is -0.490 e. The van der Waals surface area contributed by atoms with Gasteiger partial charge < -0.3 is 14.6 Å². The van der Waals surface area contributed by atoms with Gasteiger partial charge in [0.2, 0.25) is 0 Å². The second-order valence-corrected chi connectivity index (χ2v) is 7.23. The van der Waals surface area contributed by atoms with Crippen molar-refractivity contribution in [1.82, 2.24) is 5.32 Å². The number of aliphatic carboxylic acids is 1. The lowest BCUT2D eigenvalue weighted by atomic mass is 10.1. The predicted octanol–water partition coefficient (Wildman–Crippen LogP) is 3.12. The fraction of sp³-hybridized carbons (Fsp3) is 0.143. The molecule has 0 saturated carbocycles. The Morgan fingerprint density at radius 3 is 2.50 bits per heavy atom. The molecular weight excluding hydrogens is 491 g/mol. The van der Waals surface area contributed by atoms with Crippen molar-refractivity contribution in [3.05, 3.63) is 57.8 Å². The van der Waals surface area contributed by atoms with E-state index in [1.807, 2.05) is 0 Å². The molecule has 9 nitrogen and oxygen atoms in total. The zero-order chi connectivity index (χ0) is 23.4. The first kappa shape index (κ1) is 22.9. The van der Waals surface area contributed by atoms with Crippen molar-refractivity contribution in [2.45, 2.75) is 6.92 Å². The maximum atomic E-state index is 13.2. The van der Waals surface area contributed by atoms with Gasteiger partial charge in [0.1, 0.15) is 11.4 Å². The van der Waals surface area contributed by atoms with E-state index < -0.39 is 36.2 Å². The molecule has 0 bridgehead atoms. The zero-order valence-electron chi connectivity index (χ0n) is 16.6. The van der Waals surface area contributed by atoms with Crippen LogP contribution in [0, 0.1) is 5.82 Å². The van der Waals surface area contributed by atoms with Crippen molar-refractivity contribution < 1.29 is 38.1 Å². The summed E-state index contributed by atoms with van der Waals surface area (Å²) in [5.41, 5.74) is 0.0817. The van der Waals surface area contributed by atoms with E-state index in [0.717, 1.165) is 17.0 Å². The minimum atomic E-state index is -1.18. The number of nitrogens with one attached hydrogen (secondary N) is 1. The van der Waals surface area contributed by atoms with Crippen LogP contribution in [0.3, 0.4) is 0 Å². The topological polar surface area (TPSA) is 122 Å². The molecule has 2 aromatic rings. The first-order valence-electron chi connectivity index (χ1n) is 9.19. The Bertz CT molecular complexity index is 1130. The summed E-state index contributed by atoms with van der Waals surface area (Å²) in [6.07, 6.45) is 1.24. The first-order valence-corrected chi connectivity index (χ1v) is 9.98. The van der Waals surface area contributed by atoms with E-state index in [0.29, 0.717) is 10.0 Å². The molecule has 1 heterocycles. The Kier molecular flexibility index (Phi) is 6.89. The number of hydrogen-bond acceptors (Lipinski definition) is 6. The van der Waals surface area contributed by atoms with Crippen LogP contribution in [0.15, 0.2) is 46.4 Å². The number of barbiturate groups is 1. The van der Waals surface area contributed by atoms with E-state index in [4.69, 9.17) is 14.6 Å². The van der Waals surface area contributed by atoms with Crippen LogP contribution in [0.5, 0.6) is 11.5 Å². The predicted molar refractivity (Wildman–Crippen MR) is 114 cm³/mol. The third kappa shape index (κ3) is 4.94. The number of urea groups is 1. The van der Waals surface area contributed by atoms with E-state index in [1.165, 1.54) is 30.3 Å². The van der Waals surface area contributed by atoms with Gasteiger partial charge in [-0.3, -0.25) is 14.9 Å². The fourth-order valence-electron chi connectivity index (χ4n) is 2.86. The normalized spacial score (nSPS) is 15.0. The summed E-state index contributed by atoms with van der Waals surface area (Å²) >= 11 is 3.27. The van der Waals surface area contributed by atoms with E-state index in [-0.39, 0.29) is 29.4 Å². The van der Waals surface area contributed by atoms with E-state index in [9.17, 15) is 23.6 Å². The first-order chi connectivity index (χ1) is 15.2. The number of carbonyl (C=O) groups is 4. The molecule has 0 atom stereocenters. The number of rotatable bonds is 7. The Hall–Kier alpha value is -3.73. The lowest BCUT2D eigenvalue weighted by Crippen LogP contribution is -2.54. The van der Waals surface area contributed by atoms with Gasteiger partial charge in [0.15, 0.2) is 18.1 Å². The van der Waals surface area contributed by atoms with Gasteiger partial charge in [0.25, 0.3) is 11.8 Å². The Labute approximate surface area is 189 Å². The van der Waals surface area contributed by atoms with Crippen molar-refractivity contribution in [1.29, 1.82) is 0 Å². The highest BCUT2D eigenvalue weighted by Gasteiger charge is 2.36. The third-order valence-electron chi connectivity index (χ3n) is 4.17. The van der Waals surface area contributed by atoms with Gasteiger partial charge in [-0.2, -0.15) is 0 Å². The quantitative estimate of drug-likeness (QED) is 0.436. The van der Waals surface area contributed by atoms with Crippen LogP contribution in [0.2, 0.25) is 0 Å². The van der Waals surface area contributed by atoms with Gasteiger partial charge in [-0.05, 0) is 70.9 Å². The second kappa shape index (κ2) is 9.60. The highest BCUT2D eigenvalue weighted by molar-refractivity contribution is 9.10. The number of ether oxygens (including phenoxy) is 2. The highest BCUT2D eigenvalue weighted by Crippen LogP contribution is 2.38. The van der Waals surface area contributed by atoms with E-state index in [1.54, 1.807) is 6.92 Å². The SMILES string of the molecule is CCOc1cc(/C=C2\C(=O)NC(=O)N(c3ccc(F)cc3)C2=O)cc(Br)c1OCC(=O)O. The molecule has 1 aliphatic heterocycles. The summed E-state index contributed by atoms with van der Waals surface area (Å²) in [5.74, 6) is -3.21. The molecule has 0 spiro atoms. The molecule has 1 saturated heterocycles. The maximum absolute atomic E-state index is 13.2. The number of amides is 4. The smallest absolute Gasteiger partial charge is 0.341 e. The van der Waals surface area contributed by atoms with Gasteiger partial charge in [-0.25, -0.2) is 18.9 Å². The summed E-state index contributed by atoms with van der Waals surface area (Å²) < 4.78 is 24.3. The molecule has 1 aliphatic rings. The van der Waals surface area contributed by atoms with E-state index in [2.05, 4.69) is 21.2 Å². The number of imide groups is 2. The average Bonchev–Trinajstić information content (AvgIpc) is 2.72. The van der Waals surface area contributed by atoms with Gasteiger partial charge in [0, 0.05) is 0 Å². The molecule has 3 rings (SSSR count). The van der Waals surface area contributed by atoms with Crippen molar-refractivity contribution in [2.75, 3.05) is 18.1 Å². The number of carboxylic acid groups (broad SMARTS) is 1. The molecule has 0 aliphatic carbocycles. The summed E-state index contributed by atoms with van der Waals surface area (Å²) in [7, 11) is 0. The molecule has 2 aromatic carbocycles. The molecular formula is C21H16BrFN2O7. The average molecular weight is 507 g/mol. The Morgan fingerprint density at radius 1 is 1.19 bits per heavy atom. The second-order valence-electron chi connectivity index (χ2n) is 6.38. The van der Waals surface area contributed by atoms with Crippen molar-refractivity contribution >= 4 is 51.5 Å². The number of hydrogen-bond donors (Lipinski definition) is 2. The molecule has 32 heavy (non-hydrogen) atoms. The Balaban J connectivity index is 2.00. The summed E-state index contributed by atoms with van der Waals surface area (Å²) in [5, 5.41) is 10.9. The van der Waals surface area contributed by atoms with Gasteiger partial charge in [-0.15, -0.1) is 0 Å². The Morgan fingerprint density at radius 2 is 1.88 bits per heavy atom. The van der Waals surface area contributed by atoms with Gasteiger partial charge >= 0.3 is 12.0 Å². The third-order valence-corrected chi connectivity index (χ3v) is 4.76. The molecule has 0 unspecified atom stereocenters. The summed E-state index contributed by atoms with van der Waals surface area (Å²) in [6, 6.07) is 6.62. The number of carboxylic acids is 1. The summed E-state index contributed by atoms with van der Waals surface area (Å²) in [6.45, 7) is 1.35. The van der Waals surface area contributed by atoms with Crippen LogP contribution in [0.4, 0.5) is 14.9 Å². The number of benzene rings is 2. The maximum Gasteiger partial charge on any atom is 0.341 e. The van der Waals surface area contributed by atoms with E-state index >= 15 is 0 Å². The van der Waals surface area contributed by atoms with Crippen LogP contribution >= 0.6 is 15.9 Å². The van der Waals surface area contributed by atoms with Gasteiger partial charge in [-0.1, -0.05) is 0 Å². The van der Waals surface area contributed by atoms with Crippen LogP contribution in [-0.2, 0) is 14.4 Å². The molecule has 166 valence electrons. The number of halogens is 2. The highest BCUT2D eigenvalue weighted by atomic mass is 79.9. The van der Waals surface area contributed by atoms with Crippen LogP contribution in [-0.4, -0.2) is 42.1 Å². The standard InChI is InChI=1S/C21H16BrFN2O7/c1-2-31-16-9-11(8-15(22)18(16)32-10-17(26)27)7-14-19(28)24-21(30)25(20(14)29)13-5-3-12(23)4-6-13/h3-9H,2,10H2,1H3,(H,26,27)(H,24,28,30)/b14-7+. The molecule has 0 radical (unpaired) electrons. The fourth-order valence-corrected chi connectivity index (χ4v) is 3.43. The lowest BCUT2D eigenvalue weighted by Gasteiger charge is -2.26. The van der Waals surface area contributed by atoms with Crippen molar-refractivity contribution in [2.24, 2.45) is 0 Å². The molecule has 0 aromatic heterocycles. The number of anilines is 1. The lowest BCUT2D eigenvalue weighted by molar-refractivity contribution is -0.139. The van der Waals surface area contributed by atoms with Crippen molar-refractivity contribution in [3.8, 4) is 11.5 Å². The molecule has 1 fully saturated rings. The number of nitrogens with zero attached hydrogens (tertiary/aromatic N) is 1. The number of carbonyl (C=O) groups excluding carboxylic acids is 3. The largest absolute Gasteiger partial charge is 0.490 e. The molecule has 2 N–H and O–H groups in total. The zero-order valence-corrected chi connectivity index (χ0v) is 18.1. The summed E-state index contributed by atoms with van der Waals surface area (Å²) in [4.78, 5) is 49.0. The van der Waals surface area contributed by atoms with Gasteiger partial charge in [0.05, 0.1) is 16.8 Å². The molecule has 11 heteroatoms. The van der Waals surface area contributed by atoms with Crippen LogP contribution in [0.1, 0.15) is 12.5 Å².